The molecule has 2 aromatic heterocycles. The van der Waals surface area contributed by atoms with Crippen LogP contribution >= 0.6 is 0 Å². The van der Waals surface area contributed by atoms with Crippen molar-refractivity contribution >= 4 is 16.9 Å². The van der Waals surface area contributed by atoms with Gasteiger partial charge in [0.05, 0.1) is 28.5 Å². The number of amides is 1. The number of carbonyl (C=O) groups excluding carboxylic acids is 1. The van der Waals surface area contributed by atoms with Gasteiger partial charge < -0.3 is 10.7 Å². The summed E-state index contributed by atoms with van der Waals surface area (Å²) in [4.78, 5) is 31.3. The molecule has 3 N–H and O–H groups in total. The smallest absolute Gasteiger partial charge is 0.331 e. The molecule has 1 amide bonds. The molecule has 0 bridgehead atoms. The van der Waals surface area contributed by atoms with Crippen molar-refractivity contribution in [3.8, 4) is 5.69 Å². The van der Waals surface area contributed by atoms with Gasteiger partial charge in [0.1, 0.15) is 0 Å². The molecular weight excluding hydrogens is 280 g/mol. The van der Waals surface area contributed by atoms with Gasteiger partial charge in [-0.05, 0) is 38.0 Å². The number of hydrogen-bond donors (Lipinski definition) is 2. The van der Waals surface area contributed by atoms with Crippen LogP contribution in [0.5, 0.6) is 0 Å². The summed E-state index contributed by atoms with van der Waals surface area (Å²) >= 11 is 0. The molecule has 2 heterocycles. The van der Waals surface area contributed by atoms with Gasteiger partial charge in [-0.3, -0.25) is 14.3 Å². The SMILES string of the molecule is Cc1ncc(-n2c(=O)[nH]c3cccc(C)c32)c(C(N)=O)c1C. The number of hydrogen-bond acceptors (Lipinski definition) is 3. The number of para-hydroxylation sites is 1. The van der Waals surface area contributed by atoms with Crippen molar-refractivity contribution in [2.24, 2.45) is 5.73 Å². The molecule has 0 unspecified atom stereocenters. The minimum absolute atomic E-state index is 0.318. The molecule has 0 aliphatic rings. The van der Waals surface area contributed by atoms with E-state index in [9.17, 15) is 9.59 Å². The predicted molar refractivity (Wildman–Crippen MR) is 84.4 cm³/mol. The van der Waals surface area contributed by atoms with Gasteiger partial charge in [0.15, 0.2) is 0 Å². The zero-order valence-electron chi connectivity index (χ0n) is 12.6. The lowest BCUT2D eigenvalue weighted by Crippen LogP contribution is -2.23. The summed E-state index contributed by atoms with van der Waals surface area (Å²) < 4.78 is 1.46. The van der Waals surface area contributed by atoms with Gasteiger partial charge in [-0.15, -0.1) is 0 Å². The highest BCUT2D eigenvalue weighted by Crippen LogP contribution is 2.23. The van der Waals surface area contributed by atoms with Gasteiger partial charge in [-0.2, -0.15) is 0 Å². The molecule has 0 spiro atoms. The minimum Gasteiger partial charge on any atom is -0.366 e. The first kappa shape index (κ1) is 14.1. The third kappa shape index (κ3) is 1.92. The number of nitrogens with zero attached hydrogens (tertiary/aromatic N) is 2. The van der Waals surface area contributed by atoms with Crippen molar-refractivity contribution in [3.05, 3.63) is 57.3 Å². The number of carbonyl (C=O) groups is 1. The molecule has 22 heavy (non-hydrogen) atoms. The lowest BCUT2D eigenvalue weighted by molar-refractivity contribution is 0.0999. The van der Waals surface area contributed by atoms with Crippen LogP contribution in [0.3, 0.4) is 0 Å². The number of nitrogens with one attached hydrogen (secondary N) is 1. The number of fused-ring (bicyclic) bond motifs is 1. The van der Waals surface area contributed by atoms with Crippen molar-refractivity contribution in [2.45, 2.75) is 20.8 Å². The van der Waals surface area contributed by atoms with Crippen molar-refractivity contribution in [1.29, 1.82) is 0 Å². The van der Waals surface area contributed by atoms with E-state index >= 15 is 0 Å². The van der Waals surface area contributed by atoms with Crippen molar-refractivity contribution in [2.75, 3.05) is 0 Å². The van der Waals surface area contributed by atoms with E-state index in [1.807, 2.05) is 25.1 Å². The summed E-state index contributed by atoms with van der Waals surface area (Å²) in [7, 11) is 0. The summed E-state index contributed by atoms with van der Waals surface area (Å²) in [6.45, 7) is 5.48. The normalized spacial score (nSPS) is 11.0. The van der Waals surface area contributed by atoms with Gasteiger partial charge in [0, 0.05) is 5.69 Å². The van der Waals surface area contributed by atoms with Crippen molar-refractivity contribution in [1.82, 2.24) is 14.5 Å². The van der Waals surface area contributed by atoms with Crippen LogP contribution in [0.2, 0.25) is 0 Å². The van der Waals surface area contributed by atoms with E-state index in [0.717, 1.165) is 11.1 Å². The Morgan fingerprint density at radius 2 is 2.00 bits per heavy atom. The summed E-state index contributed by atoms with van der Waals surface area (Å²) in [5.74, 6) is -0.576. The zero-order valence-corrected chi connectivity index (χ0v) is 12.6. The Morgan fingerprint density at radius 1 is 1.27 bits per heavy atom. The molecular formula is C16H16N4O2. The first-order chi connectivity index (χ1) is 10.4. The highest BCUT2D eigenvalue weighted by Gasteiger charge is 2.19. The highest BCUT2D eigenvalue weighted by molar-refractivity contribution is 5.99. The van der Waals surface area contributed by atoms with Crippen LogP contribution in [0.4, 0.5) is 0 Å². The Kier molecular flexibility index (Phi) is 3.09. The topological polar surface area (TPSA) is 93.8 Å². The number of aromatic nitrogens is 3. The van der Waals surface area contributed by atoms with Crippen LogP contribution in [-0.2, 0) is 0 Å². The molecule has 0 fully saturated rings. The number of aromatic amines is 1. The lowest BCUT2D eigenvalue weighted by atomic mass is 10.1. The Balaban J connectivity index is 2.48. The second-order valence-corrected chi connectivity index (χ2v) is 5.33. The van der Waals surface area contributed by atoms with Crippen LogP contribution in [0.25, 0.3) is 16.7 Å². The Hall–Kier alpha value is -2.89. The molecule has 6 nitrogen and oxygen atoms in total. The fraction of sp³-hybridized carbons (Fsp3) is 0.188. The fourth-order valence-electron chi connectivity index (χ4n) is 2.73. The van der Waals surface area contributed by atoms with Crippen LogP contribution in [0, 0.1) is 20.8 Å². The predicted octanol–water partition coefficient (Wildman–Crippen LogP) is 1.74. The maximum atomic E-state index is 12.4. The van der Waals surface area contributed by atoms with Gasteiger partial charge in [-0.1, -0.05) is 12.1 Å². The molecule has 0 aliphatic heterocycles. The Bertz CT molecular complexity index is 966. The van der Waals surface area contributed by atoms with Gasteiger partial charge in [0.25, 0.3) is 5.91 Å². The molecule has 0 aliphatic carbocycles. The number of benzene rings is 1. The second-order valence-electron chi connectivity index (χ2n) is 5.33. The molecule has 3 rings (SSSR count). The molecule has 6 heteroatoms. The van der Waals surface area contributed by atoms with E-state index in [1.165, 1.54) is 10.8 Å². The Morgan fingerprint density at radius 3 is 2.68 bits per heavy atom. The fourth-order valence-corrected chi connectivity index (χ4v) is 2.73. The van der Waals surface area contributed by atoms with Crippen LogP contribution < -0.4 is 11.4 Å². The number of rotatable bonds is 2. The minimum atomic E-state index is -0.576. The van der Waals surface area contributed by atoms with Gasteiger partial charge in [0.2, 0.25) is 0 Å². The van der Waals surface area contributed by atoms with Gasteiger partial charge >= 0.3 is 5.69 Å². The maximum absolute atomic E-state index is 12.4. The number of H-pyrrole nitrogens is 1. The largest absolute Gasteiger partial charge is 0.366 e. The molecule has 0 radical (unpaired) electrons. The van der Waals surface area contributed by atoms with Crippen molar-refractivity contribution in [3.63, 3.8) is 0 Å². The first-order valence-corrected chi connectivity index (χ1v) is 6.88. The summed E-state index contributed by atoms with van der Waals surface area (Å²) in [5, 5.41) is 0. The maximum Gasteiger partial charge on any atom is 0.331 e. The quantitative estimate of drug-likeness (QED) is 0.754. The lowest BCUT2D eigenvalue weighted by Gasteiger charge is -2.13. The van der Waals surface area contributed by atoms with E-state index in [1.54, 1.807) is 13.8 Å². The van der Waals surface area contributed by atoms with E-state index < -0.39 is 5.91 Å². The molecule has 0 saturated heterocycles. The van der Waals surface area contributed by atoms with Crippen molar-refractivity contribution < 1.29 is 4.79 Å². The Labute approximate surface area is 126 Å². The molecule has 3 aromatic rings. The van der Waals surface area contributed by atoms with E-state index in [2.05, 4.69) is 9.97 Å². The number of pyridine rings is 1. The molecule has 112 valence electrons. The average molecular weight is 296 g/mol. The molecule has 1 aromatic carbocycles. The summed E-state index contributed by atoms with van der Waals surface area (Å²) in [5.41, 5.74) is 9.67. The van der Waals surface area contributed by atoms with Crippen LogP contribution in [-0.4, -0.2) is 20.4 Å². The van der Waals surface area contributed by atoms with E-state index in [0.29, 0.717) is 28.0 Å². The third-order valence-corrected chi connectivity index (χ3v) is 3.95. The van der Waals surface area contributed by atoms with Crippen LogP contribution in [0.15, 0.2) is 29.2 Å². The standard InChI is InChI=1S/C16H16N4O2/c1-8-5-4-6-11-14(8)20(16(22)19-11)12-7-18-10(3)9(2)13(12)15(17)21/h4-7H,1-3H3,(H2,17,21)(H,19,22). The number of aryl methyl sites for hydroxylation is 2. The number of primary amides is 1. The zero-order chi connectivity index (χ0) is 16.0. The molecule has 0 atom stereocenters. The third-order valence-electron chi connectivity index (χ3n) is 3.95. The van der Waals surface area contributed by atoms with E-state index in [4.69, 9.17) is 5.73 Å². The van der Waals surface area contributed by atoms with E-state index in [-0.39, 0.29) is 5.69 Å². The average Bonchev–Trinajstić information content (AvgIpc) is 2.78. The second kappa shape index (κ2) is 4.84. The summed E-state index contributed by atoms with van der Waals surface area (Å²) in [6, 6.07) is 5.59. The monoisotopic (exact) mass is 296 g/mol. The van der Waals surface area contributed by atoms with Crippen LogP contribution in [0.1, 0.15) is 27.2 Å². The highest BCUT2D eigenvalue weighted by atomic mass is 16.1. The summed E-state index contributed by atoms with van der Waals surface area (Å²) in [6.07, 6.45) is 1.52. The first-order valence-electron chi connectivity index (χ1n) is 6.88. The molecule has 0 saturated carbocycles. The van der Waals surface area contributed by atoms with Gasteiger partial charge in [-0.25, -0.2) is 4.79 Å². The number of nitrogens with two attached hydrogens (primary N) is 1. The number of imidazole rings is 1.